The van der Waals surface area contributed by atoms with Gasteiger partial charge in [-0.05, 0) is 104 Å². The Hall–Kier alpha value is -5.01. The lowest BCUT2D eigenvalue weighted by molar-refractivity contribution is -0.150. The van der Waals surface area contributed by atoms with Crippen molar-refractivity contribution >= 4 is 53.2 Å². The molecule has 0 aliphatic heterocycles. The summed E-state index contributed by atoms with van der Waals surface area (Å²) in [5.74, 6) is -5.19. The lowest BCUT2D eigenvalue weighted by Crippen LogP contribution is -2.56. The van der Waals surface area contributed by atoms with Crippen molar-refractivity contribution in [3.63, 3.8) is 0 Å². The van der Waals surface area contributed by atoms with Crippen molar-refractivity contribution in [3.05, 3.63) is 0 Å². The molecule has 75 heavy (non-hydrogen) atoms. The van der Waals surface area contributed by atoms with Gasteiger partial charge in [-0.2, -0.15) is 0 Å². The summed E-state index contributed by atoms with van der Waals surface area (Å²) >= 11 is 0. The van der Waals surface area contributed by atoms with Crippen LogP contribution in [0.15, 0.2) is 0 Å². The van der Waals surface area contributed by atoms with Gasteiger partial charge < -0.3 is 70.7 Å². The molecule has 0 bridgehead atoms. The summed E-state index contributed by atoms with van der Waals surface area (Å²) in [6.07, 6.45) is -4.12. The average Bonchev–Trinajstić information content (AvgIpc) is 3.26. The van der Waals surface area contributed by atoms with Crippen LogP contribution in [0.1, 0.15) is 118 Å². The quantitative estimate of drug-likeness (QED) is 0.0415. The van der Waals surface area contributed by atoms with Crippen molar-refractivity contribution in [2.75, 3.05) is 91.6 Å². The topological polar surface area (TPSA) is 302 Å². The number of aliphatic hydroxyl groups excluding tert-OH is 4. The number of nitrogens with one attached hydrogen (secondary N) is 1. The number of rotatable bonds is 35. The molecule has 0 fully saturated rings. The molecule has 434 valence electrons. The van der Waals surface area contributed by atoms with Gasteiger partial charge in [0.2, 0.25) is 53.2 Å². The van der Waals surface area contributed by atoms with E-state index in [1.165, 1.54) is 57.1 Å². The molecule has 24 heteroatoms. The van der Waals surface area contributed by atoms with E-state index in [0.717, 1.165) is 9.80 Å². The highest BCUT2D eigenvalue weighted by Gasteiger charge is 2.34. The fraction of sp³-hybridized carbons (Fsp3) is 0.824. The normalized spacial score (nSPS) is 13.7. The van der Waals surface area contributed by atoms with Gasteiger partial charge >= 0.3 is 0 Å². The number of amides is 9. The van der Waals surface area contributed by atoms with E-state index in [2.05, 4.69) is 5.32 Å². The first-order chi connectivity index (χ1) is 34.5. The van der Waals surface area contributed by atoms with Crippen molar-refractivity contribution in [2.24, 2.45) is 5.73 Å². The first-order valence-electron chi connectivity index (χ1n) is 26.3. The minimum atomic E-state index is -1.12. The number of aliphatic hydroxyl groups is 4. The maximum atomic E-state index is 14.3. The molecule has 0 aliphatic carbocycles. The molecule has 5 unspecified atom stereocenters. The Morgan fingerprint density at radius 2 is 0.627 bits per heavy atom. The molecule has 0 aromatic heterocycles. The number of carbonyl (C=O) groups excluding carboxylic acids is 9. The van der Waals surface area contributed by atoms with Gasteiger partial charge in [0, 0.05) is 75.0 Å². The van der Waals surface area contributed by atoms with Crippen molar-refractivity contribution < 1.29 is 63.6 Å². The Morgan fingerprint density at radius 3 is 0.973 bits per heavy atom. The van der Waals surface area contributed by atoms with E-state index in [4.69, 9.17) is 5.73 Å². The van der Waals surface area contributed by atoms with E-state index in [1.807, 2.05) is 13.8 Å². The zero-order chi connectivity index (χ0) is 58.3. The van der Waals surface area contributed by atoms with E-state index in [9.17, 15) is 63.6 Å². The van der Waals surface area contributed by atoms with Crippen LogP contribution < -0.4 is 11.1 Å². The van der Waals surface area contributed by atoms with E-state index in [0.29, 0.717) is 0 Å². The van der Waals surface area contributed by atoms with Crippen LogP contribution in [0.4, 0.5) is 0 Å². The molecule has 0 rings (SSSR count). The van der Waals surface area contributed by atoms with Gasteiger partial charge in [0.25, 0.3) is 0 Å². The van der Waals surface area contributed by atoms with Crippen LogP contribution in [0.25, 0.3) is 0 Å². The molecule has 0 spiro atoms. The number of hydrogen-bond acceptors (Lipinski definition) is 15. The summed E-state index contributed by atoms with van der Waals surface area (Å²) in [6.45, 7) is 24.1. The second kappa shape index (κ2) is 33.9. The summed E-state index contributed by atoms with van der Waals surface area (Å²) in [6, 6.07) is -2.96. The first-order valence-corrected chi connectivity index (χ1v) is 26.3. The van der Waals surface area contributed by atoms with Crippen LogP contribution in [-0.4, -0.2) is 276 Å². The molecule has 0 saturated heterocycles. The van der Waals surface area contributed by atoms with Gasteiger partial charge in [0.15, 0.2) is 0 Å². The Kier molecular flexibility index (Phi) is 31.6. The fourth-order valence-electron chi connectivity index (χ4n) is 8.02. The van der Waals surface area contributed by atoms with E-state index >= 15 is 0 Å². The number of nitrogens with zero attached hydrogens (tertiary/aromatic N) is 9. The molecule has 0 saturated carbocycles. The zero-order valence-corrected chi connectivity index (χ0v) is 48.3. The van der Waals surface area contributed by atoms with Crippen LogP contribution in [0.2, 0.25) is 0 Å². The second-order valence-corrected chi connectivity index (χ2v) is 21.6. The predicted molar refractivity (Wildman–Crippen MR) is 284 cm³/mol. The van der Waals surface area contributed by atoms with Gasteiger partial charge in [-0.15, -0.1) is 0 Å². The van der Waals surface area contributed by atoms with Crippen LogP contribution in [-0.2, 0) is 43.2 Å². The van der Waals surface area contributed by atoms with Gasteiger partial charge in [0.1, 0.15) is 26.2 Å². The fourth-order valence-corrected chi connectivity index (χ4v) is 8.02. The number of primary amides is 1. The summed E-state index contributed by atoms with van der Waals surface area (Å²) in [5.41, 5.74) is 5.38. The molecule has 5 atom stereocenters. The molecule has 0 aliphatic rings. The summed E-state index contributed by atoms with van der Waals surface area (Å²) < 4.78 is 0. The molecule has 0 radical (unpaired) electrons. The maximum Gasteiger partial charge on any atom is 0.242 e. The summed E-state index contributed by atoms with van der Waals surface area (Å²) in [4.78, 5) is 134. The van der Waals surface area contributed by atoms with Gasteiger partial charge in [-0.25, -0.2) is 0 Å². The lowest BCUT2D eigenvalue weighted by atomic mass is 10.2. The molecule has 0 heterocycles. The molecule has 0 aromatic carbocycles. The minimum Gasteiger partial charge on any atom is -0.392 e. The van der Waals surface area contributed by atoms with Crippen molar-refractivity contribution in [1.29, 1.82) is 0 Å². The summed E-state index contributed by atoms with van der Waals surface area (Å²) in [5, 5.41) is 44.9. The molecule has 9 amide bonds. The smallest absolute Gasteiger partial charge is 0.242 e. The van der Waals surface area contributed by atoms with Crippen molar-refractivity contribution in [3.8, 4) is 0 Å². The van der Waals surface area contributed by atoms with Crippen LogP contribution in [0.5, 0.6) is 0 Å². The zero-order valence-electron chi connectivity index (χ0n) is 48.3. The van der Waals surface area contributed by atoms with Crippen molar-refractivity contribution in [2.45, 2.75) is 184 Å². The second-order valence-electron chi connectivity index (χ2n) is 21.6. The monoisotopic (exact) mass is 1070 g/mol. The molecule has 0 aromatic rings. The summed E-state index contributed by atoms with van der Waals surface area (Å²) in [7, 11) is 0. The van der Waals surface area contributed by atoms with Gasteiger partial charge in [0.05, 0.1) is 57.1 Å². The molecule has 24 nitrogen and oxygen atoms in total. The Bertz CT molecular complexity index is 1840. The average molecular weight is 1070 g/mol. The third kappa shape index (κ3) is 26.5. The number of hydrogen-bond donors (Lipinski definition) is 6. The lowest BCUT2D eigenvalue weighted by Gasteiger charge is -2.38. The molecule has 7 N–H and O–H groups in total. The SMILES string of the molecule is CC(O)CN(CC(=O)N(CC(=O)N(CC(=O)N(CC(=O)N(CC(C)O)CC(C)N(CC(=O)N(CC(=O)N(CC(N)=O)C(C)C)C(C)C)CC(C)O)C(C)C)C(C)C)CC(C)O)C(=O)CN(C(=O)CNC(C)C)C(C)C. The highest BCUT2D eigenvalue weighted by molar-refractivity contribution is 5.93. The highest BCUT2D eigenvalue weighted by Crippen LogP contribution is 2.14. The number of nitrogens with two attached hydrogens (primary N) is 1. The molecular formula is C51H97N11O13. The van der Waals surface area contributed by atoms with Crippen LogP contribution in [0, 0.1) is 0 Å². The third-order valence-electron chi connectivity index (χ3n) is 12.0. The van der Waals surface area contributed by atoms with Gasteiger partial charge in [-0.3, -0.25) is 48.1 Å². The molecular weight excluding hydrogens is 975 g/mol. The Morgan fingerprint density at radius 1 is 0.347 bits per heavy atom. The van der Waals surface area contributed by atoms with Crippen LogP contribution >= 0.6 is 0 Å². The number of carbonyl (C=O) groups is 9. The van der Waals surface area contributed by atoms with Crippen LogP contribution in [0.3, 0.4) is 0 Å². The van der Waals surface area contributed by atoms with E-state index < -0.39 is 122 Å². The Balaban J connectivity index is 6.57. The van der Waals surface area contributed by atoms with Gasteiger partial charge in [-0.1, -0.05) is 13.8 Å². The largest absolute Gasteiger partial charge is 0.392 e. The first kappa shape index (κ1) is 70.0. The highest BCUT2D eigenvalue weighted by atomic mass is 16.3. The third-order valence-corrected chi connectivity index (χ3v) is 12.0. The Labute approximate surface area is 446 Å². The standard InChI is InChI=1S/C51H97N11O13/c1-32(2)53-18-44(68)59(34(5)6)28-47(71)56(22-41(16)65)25-45(69)57(23-42(17)66)27-49(73)62(37(11)12)31-51(75)60(35(7)8)29-46(70)55(21-40(15)64)19-38(13)54(20-39(14)63)26-48(72)61(36(9)10)30-50(74)58(33(3)4)24-43(52)67/h32-42,53,63-66H,18-31H2,1-17H3,(H2,52,67). The van der Waals surface area contributed by atoms with E-state index in [-0.39, 0.29) is 89.5 Å². The van der Waals surface area contributed by atoms with Crippen molar-refractivity contribution in [1.82, 2.24) is 49.4 Å². The predicted octanol–water partition coefficient (Wildman–Crippen LogP) is -1.65. The minimum absolute atomic E-state index is 0.00652. The maximum absolute atomic E-state index is 14.3. The van der Waals surface area contributed by atoms with E-state index in [1.54, 1.807) is 81.1 Å².